The number of hydrogen-bond acceptors (Lipinski definition) is 1. The average molecular weight is 226 g/mol. The van der Waals surface area contributed by atoms with Gasteiger partial charge in [-0.2, -0.15) is 0 Å². The molecule has 0 spiro atoms. The fourth-order valence-corrected chi connectivity index (χ4v) is 0.277. The Balaban J connectivity index is 0.000000223. The Bertz CT molecular complexity index is 215. The Hall–Kier alpha value is -0.910. The monoisotopic (exact) mass is 226 g/mol. The smallest absolute Gasteiger partial charge is 0.250 e. The molecule has 0 unspecified atom stereocenters. The molecular weight excluding hydrogens is 221 g/mol. The molecule has 1 aromatic heterocycles. The standard InChI is InChI=1S/C4H4N2.F6P/c1-2-5-4-6-3-1;1-7(2,3,4,5)6/h1-4H;/q;-1/p+1. The van der Waals surface area contributed by atoms with E-state index in [1.807, 2.05) is 12.3 Å². The molecule has 0 aliphatic rings. The summed E-state index contributed by atoms with van der Waals surface area (Å²) >= 11 is 0. The summed E-state index contributed by atoms with van der Waals surface area (Å²) in [5.41, 5.74) is 0. The zero-order valence-electron chi connectivity index (χ0n) is 5.97. The first-order chi connectivity index (χ1) is 5.45. The molecule has 1 N–H and O–H groups in total. The van der Waals surface area contributed by atoms with Gasteiger partial charge in [0.25, 0.3) is 6.33 Å². The van der Waals surface area contributed by atoms with Crippen molar-refractivity contribution in [2.45, 2.75) is 0 Å². The van der Waals surface area contributed by atoms with E-state index in [-0.39, 0.29) is 0 Å². The van der Waals surface area contributed by atoms with Crippen LogP contribution < -0.4 is 4.98 Å². The van der Waals surface area contributed by atoms with E-state index < -0.39 is 7.81 Å². The molecule has 78 valence electrons. The summed E-state index contributed by atoms with van der Waals surface area (Å²) < 4.78 is 59.2. The van der Waals surface area contributed by atoms with Crippen LogP contribution in [-0.4, -0.2) is 4.98 Å². The maximum Gasteiger partial charge on any atom is 0.283 e. The minimum absolute atomic E-state index is 1.62. The van der Waals surface area contributed by atoms with Crippen LogP contribution in [0.25, 0.3) is 0 Å². The number of H-pyrrole nitrogens is 1. The van der Waals surface area contributed by atoms with Crippen LogP contribution in [0.2, 0.25) is 0 Å². The SMILES string of the molecule is F[P-](F)(F)(F)(F)F.c1cnc[nH+]c1. The van der Waals surface area contributed by atoms with Crippen LogP contribution in [0, 0.1) is 0 Å². The topological polar surface area (TPSA) is 27.0 Å². The van der Waals surface area contributed by atoms with Gasteiger partial charge < -0.3 is 0 Å². The maximum absolute atomic E-state index is 10.7. The first kappa shape index (κ1) is 12.1. The number of rotatable bonds is 0. The van der Waals surface area contributed by atoms with E-state index in [1.54, 1.807) is 12.5 Å². The maximum atomic E-state index is 9.87. The zero-order valence-corrected chi connectivity index (χ0v) is 6.87. The van der Waals surface area contributed by atoms with Crippen LogP contribution in [0.15, 0.2) is 24.8 Å². The summed E-state index contributed by atoms with van der Waals surface area (Å²) in [6.07, 6.45) is 5.16. The fourth-order valence-electron chi connectivity index (χ4n) is 0.277. The molecule has 0 saturated carbocycles. The van der Waals surface area contributed by atoms with E-state index in [9.17, 15) is 25.2 Å². The van der Waals surface area contributed by atoms with Gasteiger partial charge in [0.05, 0.1) is 6.20 Å². The van der Waals surface area contributed by atoms with Crippen molar-refractivity contribution in [1.82, 2.24) is 4.98 Å². The third-order valence-electron chi connectivity index (χ3n) is 0.514. The van der Waals surface area contributed by atoms with Gasteiger partial charge in [-0.05, 0) is 0 Å². The minimum Gasteiger partial charge on any atom is -0.250 e. The molecule has 0 radical (unpaired) electrons. The van der Waals surface area contributed by atoms with Crippen LogP contribution in [-0.2, 0) is 0 Å². The third-order valence-corrected chi connectivity index (χ3v) is 0.514. The first-order valence-electron chi connectivity index (χ1n) is 2.77. The molecule has 0 atom stereocenters. The Labute approximate surface area is 68.9 Å². The van der Waals surface area contributed by atoms with Gasteiger partial charge in [0.1, 0.15) is 6.20 Å². The van der Waals surface area contributed by atoms with Crippen molar-refractivity contribution in [3.05, 3.63) is 24.8 Å². The number of halogens is 6. The van der Waals surface area contributed by atoms with E-state index in [1.165, 1.54) is 0 Å². The van der Waals surface area contributed by atoms with E-state index in [0.717, 1.165) is 0 Å². The largest absolute Gasteiger partial charge is 0.283 e. The molecule has 0 amide bonds. The number of aromatic amines is 1. The summed E-state index contributed by atoms with van der Waals surface area (Å²) in [5, 5.41) is 0. The first-order valence-corrected chi connectivity index (χ1v) is 4.80. The van der Waals surface area contributed by atoms with Crippen LogP contribution >= 0.6 is 7.81 Å². The average Bonchev–Trinajstić information content (AvgIpc) is 1.84. The summed E-state index contributed by atoms with van der Waals surface area (Å²) in [5.74, 6) is 0. The van der Waals surface area contributed by atoms with Gasteiger partial charge in [-0.15, -0.1) is 0 Å². The van der Waals surface area contributed by atoms with Crippen LogP contribution in [0.1, 0.15) is 0 Å². The number of hydrogen-bond donors (Lipinski definition) is 0. The number of nitrogens with one attached hydrogen (secondary N) is 1. The van der Waals surface area contributed by atoms with E-state index in [0.29, 0.717) is 0 Å². The van der Waals surface area contributed by atoms with Crippen molar-refractivity contribution < 1.29 is 30.2 Å². The van der Waals surface area contributed by atoms with Crippen LogP contribution in [0.5, 0.6) is 0 Å². The summed E-state index contributed by atoms with van der Waals surface area (Å²) in [4.78, 5) is 6.51. The second-order valence-electron chi connectivity index (χ2n) is 1.91. The molecule has 9 heteroatoms. The van der Waals surface area contributed by atoms with Crippen molar-refractivity contribution >= 4 is 7.81 Å². The third kappa shape index (κ3) is 35.4. The van der Waals surface area contributed by atoms with E-state index >= 15 is 0 Å². The summed E-state index contributed by atoms with van der Waals surface area (Å²) in [6.45, 7) is 0. The van der Waals surface area contributed by atoms with Crippen molar-refractivity contribution in [2.75, 3.05) is 0 Å². The fraction of sp³-hybridized carbons (Fsp3) is 0. The van der Waals surface area contributed by atoms with Gasteiger partial charge >= 0.3 is 33.0 Å². The zero-order chi connectivity index (χ0) is 10.7. The van der Waals surface area contributed by atoms with Gasteiger partial charge in [-0.3, -0.25) is 4.98 Å². The van der Waals surface area contributed by atoms with Crippen LogP contribution in [0.3, 0.4) is 0 Å². The van der Waals surface area contributed by atoms with Gasteiger partial charge in [0.15, 0.2) is 0 Å². The predicted octanol–water partition coefficient (Wildman–Crippen LogP) is 3.28. The van der Waals surface area contributed by atoms with Crippen molar-refractivity contribution in [3.63, 3.8) is 0 Å². The quantitative estimate of drug-likeness (QED) is 0.492. The normalized spacial score (nSPS) is 16.2. The molecule has 0 aliphatic heterocycles. The Morgan fingerprint density at radius 1 is 1.00 bits per heavy atom. The molecule has 13 heavy (non-hydrogen) atoms. The van der Waals surface area contributed by atoms with Gasteiger partial charge in [-0.1, -0.05) is 4.98 Å². The molecule has 0 fully saturated rings. The Morgan fingerprint density at radius 2 is 1.46 bits per heavy atom. The van der Waals surface area contributed by atoms with Gasteiger partial charge in [0.2, 0.25) is 0 Å². The van der Waals surface area contributed by atoms with Crippen molar-refractivity contribution in [1.29, 1.82) is 0 Å². The van der Waals surface area contributed by atoms with Crippen molar-refractivity contribution in [2.24, 2.45) is 0 Å². The number of nitrogens with zero attached hydrogens (tertiary/aromatic N) is 1. The second kappa shape index (κ2) is 2.80. The van der Waals surface area contributed by atoms with E-state index in [4.69, 9.17) is 0 Å². The second-order valence-corrected chi connectivity index (χ2v) is 3.83. The molecule has 0 aromatic carbocycles. The van der Waals surface area contributed by atoms with Gasteiger partial charge in [-0.25, -0.2) is 0 Å². The summed E-state index contributed by atoms with van der Waals surface area (Å²) in [7, 11) is -10.7. The Kier molecular flexibility index (Phi) is 2.60. The van der Waals surface area contributed by atoms with Gasteiger partial charge in [0, 0.05) is 6.07 Å². The van der Waals surface area contributed by atoms with E-state index in [2.05, 4.69) is 9.97 Å². The molecule has 0 saturated heterocycles. The predicted molar refractivity (Wildman–Crippen MR) is 34.4 cm³/mol. The molecule has 1 heterocycles. The minimum atomic E-state index is -10.7. The molecule has 1 rings (SSSR count). The Morgan fingerprint density at radius 3 is 1.54 bits per heavy atom. The van der Waals surface area contributed by atoms with Crippen molar-refractivity contribution in [3.8, 4) is 0 Å². The van der Waals surface area contributed by atoms with Crippen LogP contribution in [0.4, 0.5) is 25.2 Å². The molecule has 2 nitrogen and oxygen atoms in total. The number of aromatic nitrogens is 2. The molecule has 0 bridgehead atoms. The molecular formula is C4H5F6N2P. The molecule has 0 aliphatic carbocycles. The molecule has 1 aromatic rings. The summed E-state index contributed by atoms with van der Waals surface area (Å²) in [6, 6.07) is 1.83.